The van der Waals surface area contributed by atoms with Crippen molar-refractivity contribution in [1.82, 2.24) is 9.80 Å². The van der Waals surface area contributed by atoms with Crippen molar-refractivity contribution < 1.29 is 22.7 Å². The van der Waals surface area contributed by atoms with Gasteiger partial charge in [0.25, 0.3) is 21.8 Å². The Balaban J connectivity index is 1.39. The summed E-state index contributed by atoms with van der Waals surface area (Å²) in [6, 6.07) is 16.5. The van der Waals surface area contributed by atoms with E-state index >= 15 is 0 Å². The Hall–Kier alpha value is -3.08. The third kappa shape index (κ3) is 6.67. The van der Waals surface area contributed by atoms with Gasteiger partial charge in [0, 0.05) is 36.3 Å². The summed E-state index contributed by atoms with van der Waals surface area (Å²) in [6.45, 7) is 4.98. The predicted molar refractivity (Wildman–Crippen MR) is 150 cm³/mol. The number of amides is 2. The molecule has 1 N–H and O–H groups in total. The number of hydrogen-bond donors (Lipinski definition) is 1. The third-order valence-electron chi connectivity index (χ3n) is 6.33. The van der Waals surface area contributed by atoms with Gasteiger partial charge in [0.1, 0.15) is 5.75 Å². The first-order chi connectivity index (χ1) is 18.0. The van der Waals surface area contributed by atoms with E-state index in [2.05, 4.69) is 20.7 Å². The van der Waals surface area contributed by atoms with E-state index in [-0.39, 0.29) is 41.1 Å². The second-order valence-electron chi connectivity index (χ2n) is 8.96. The van der Waals surface area contributed by atoms with Crippen molar-refractivity contribution in [2.45, 2.75) is 18.7 Å². The van der Waals surface area contributed by atoms with Gasteiger partial charge in [-0.1, -0.05) is 33.6 Å². The Labute approximate surface area is 235 Å². The van der Waals surface area contributed by atoms with Crippen LogP contribution in [0.4, 0.5) is 5.69 Å². The number of rotatable bonds is 7. The number of sulfonamides is 1. The van der Waals surface area contributed by atoms with E-state index in [1.54, 1.807) is 34.1 Å². The van der Waals surface area contributed by atoms with Crippen LogP contribution >= 0.6 is 27.5 Å². The lowest BCUT2D eigenvalue weighted by molar-refractivity contribution is -0.134. The van der Waals surface area contributed by atoms with Crippen molar-refractivity contribution in [1.29, 1.82) is 0 Å². The van der Waals surface area contributed by atoms with Gasteiger partial charge < -0.3 is 14.5 Å². The molecule has 0 atom stereocenters. The molecule has 0 bridgehead atoms. The molecule has 200 valence electrons. The number of nitrogens with zero attached hydrogens (tertiary/aromatic N) is 2. The molecule has 8 nitrogen and oxygen atoms in total. The van der Waals surface area contributed by atoms with Crippen molar-refractivity contribution in [3.05, 3.63) is 86.8 Å². The zero-order valence-corrected chi connectivity index (χ0v) is 24.1. The lowest BCUT2D eigenvalue weighted by atomic mass is 10.1. The SMILES string of the molecule is Cc1ccc(NS(=O)(=O)c2ccc(Cl)c(C(=O)N3CCN(C(=O)COc4ccc(Br)cc4)CC3)c2)cc1C. The molecule has 11 heteroatoms. The maximum absolute atomic E-state index is 13.2. The average Bonchev–Trinajstić information content (AvgIpc) is 2.90. The van der Waals surface area contributed by atoms with Gasteiger partial charge in [-0.3, -0.25) is 14.3 Å². The van der Waals surface area contributed by atoms with Crippen molar-refractivity contribution in [3.8, 4) is 5.75 Å². The lowest BCUT2D eigenvalue weighted by Crippen LogP contribution is -2.51. The summed E-state index contributed by atoms with van der Waals surface area (Å²) < 4.78 is 35.1. The van der Waals surface area contributed by atoms with Crippen LogP contribution in [0, 0.1) is 13.8 Å². The van der Waals surface area contributed by atoms with Gasteiger partial charge in [0.05, 0.1) is 15.5 Å². The van der Waals surface area contributed by atoms with Crippen LogP contribution in [0.3, 0.4) is 0 Å². The van der Waals surface area contributed by atoms with Gasteiger partial charge in [-0.25, -0.2) is 8.42 Å². The molecule has 38 heavy (non-hydrogen) atoms. The molecule has 4 rings (SSSR count). The highest BCUT2D eigenvalue weighted by Crippen LogP contribution is 2.25. The van der Waals surface area contributed by atoms with Crippen molar-refractivity contribution in [3.63, 3.8) is 0 Å². The first-order valence-electron chi connectivity index (χ1n) is 11.9. The molecule has 1 aliphatic rings. The molecule has 0 spiro atoms. The van der Waals surface area contributed by atoms with Crippen LogP contribution in [-0.2, 0) is 14.8 Å². The highest BCUT2D eigenvalue weighted by Gasteiger charge is 2.27. The van der Waals surface area contributed by atoms with Crippen molar-refractivity contribution in [2.75, 3.05) is 37.5 Å². The van der Waals surface area contributed by atoms with Crippen molar-refractivity contribution >= 4 is 55.1 Å². The van der Waals surface area contributed by atoms with Gasteiger partial charge >= 0.3 is 0 Å². The Morgan fingerprint density at radius 1 is 0.921 bits per heavy atom. The maximum Gasteiger partial charge on any atom is 0.261 e. The fraction of sp³-hybridized carbons (Fsp3) is 0.259. The number of benzene rings is 3. The highest BCUT2D eigenvalue weighted by molar-refractivity contribution is 9.10. The fourth-order valence-corrected chi connectivity index (χ4v) is 5.49. The maximum atomic E-state index is 13.2. The number of carbonyl (C=O) groups excluding carboxylic acids is 2. The molecule has 0 saturated carbocycles. The number of carbonyl (C=O) groups is 2. The lowest BCUT2D eigenvalue weighted by Gasteiger charge is -2.35. The monoisotopic (exact) mass is 619 g/mol. The Kier molecular flexibility index (Phi) is 8.64. The number of piperazine rings is 1. The van der Waals surface area contributed by atoms with Crippen LogP contribution in [0.2, 0.25) is 5.02 Å². The minimum atomic E-state index is -3.95. The molecule has 1 aliphatic heterocycles. The molecule has 1 fully saturated rings. The third-order valence-corrected chi connectivity index (χ3v) is 8.57. The van der Waals surface area contributed by atoms with Gasteiger partial charge in [-0.05, 0) is 79.6 Å². The molecular formula is C27H27BrClN3O5S. The predicted octanol–water partition coefficient (Wildman–Crippen LogP) is 4.88. The molecule has 1 saturated heterocycles. The Morgan fingerprint density at radius 3 is 2.24 bits per heavy atom. The van der Waals surface area contributed by atoms with Gasteiger partial charge in [-0.2, -0.15) is 0 Å². The number of nitrogens with one attached hydrogen (secondary N) is 1. The summed E-state index contributed by atoms with van der Waals surface area (Å²) >= 11 is 9.65. The summed E-state index contributed by atoms with van der Waals surface area (Å²) in [6.07, 6.45) is 0. The largest absolute Gasteiger partial charge is 0.484 e. The second kappa shape index (κ2) is 11.8. The molecule has 0 aliphatic carbocycles. The van der Waals surface area contributed by atoms with E-state index in [1.807, 2.05) is 32.0 Å². The summed E-state index contributed by atoms with van der Waals surface area (Å²) in [7, 11) is -3.95. The molecule has 0 radical (unpaired) electrons. The second-order valence-corrected chi connectivity index (χ2v) is 12.0. The Bertz CT molecular complexity index is 1460. The summed E-state index contributed by atoms with van der Waals surface area (Å²) in [5.41, 5.74) is 2.52. The van der Waals surface area contributed by atoms with Crippen LogP contribution < -0.4 is 9.46 Å². The first-order valence-corrected chi connectivity index (χ1v) is 14.5. The zero-order valence-electron chi connectivity index (χ0n) is 20.9. The molecule has 1 heterocycles. The normalized spacial score (nSPS) is 13.8. The highest BCUT2D eigenvalue weighted by atomic mass is 79.9. The average molecular weight is 621 g/mol. The van der Waals surface area contributed by atoms with E-state index in [4.69, 9.17) is 16.3 Å². The standard InChI is InChI=1S/C27H27BrClN3O5S/c1-18-3-6-21(15-19(18)2)30-38(35,36)23-9-10-25(29)24(16-23)27(34)32-13-11-31(12-14-32)26(33)17-37-22-7-4-20(28)5-8-22/h3-10,15-16,30H,11-14,17H2,1-2H3. The van der Waals surface area contributed by atoms with Crippen LogP contribution in [0.5, 0.6) is 5.75 Å². The van der Waals surface area contributed by atoms with Crippen molar-refractivity contribution in [2.24, 2.45) is 0 Å². The van der Waals surface area contributed by atoms with Crippen LogP contribution in [0.25, 0.3) is 0 Å². The molecule has 0 aromatic heterocycles. The smallest absolute Gasteiger partial charge is 0.261 e. The number of ether oxygens (including phenoxy) is 1. The molecule has 2 amide bonds. The Morgan fingerprint density at radius 2 is 1.58 bits per heavy atom. The molecule has 3 aromatic carbocycles. The molecule has 0 unspecified atom stereocenters. The topological polar surface area (TPSA) is 96.0 Å². The zero-order chi connectivity index (χ0) is 27.4. The van der Waals surface area contributed by atoms with Gasteiger partial charge in [-0.15, -0.1) is 0 Å². The fourth-order valence-electron chi connectivity index (χ4n) is 3.95. The van der Waals surface area contributed by atoms with Crippen LogP contribution in [0.15, 0.2) is 70.0 Å². The van der Waals surface area contributed by atoms with E-state index in [0.29, 0.717) is 24.5 Å². The van der Waals surface area contributed by atoms with Gasteiger partial charge in [0.2, 0.25) is 0 Å². The van der Waals surface area contributed by atoms with Crippen LogP contribution in [-0.4, -0.2) is 62.8 Å². The minimum Gasteiger partial charge on any atom is -0.484 e. The summed E-state index contributed by atoms with van der Waals surface area (Å²) in [4.78, 5) is 29.0. The number of anilines is 1. The van der Waals surface area contributed by atoms with E-state index in [1.165, 1.54) is 18.2 Å². The number of hydrogen-bond acceptors (Lipinski definition) is 5. The van der Waals surface area contributed by atoms with E-state index < -0.39 is 15.9 Å². The first kappa shape index (κ1) is 27.9. The molecule has 3 aromatic rings. The van der Waals surface area contributed by atoms with E-state index in [0.717, 1.165) is 15.6 Å². The summed E-state index contributed by atoms with van der Waals surface area (Å²) in [5.74, 6) is 0.0202. The number of halogens is 2. The summed E-state index contributed by atoms with van der Waals surface area (Å²) in [5, 5.41) is 0.154. The van der Waals surface area contributed by atoms with Gasteiger partial charge in [0.15, 0.2) is 6.61 Å². The van der Waals surface area contributed by atoms with Crippen LogP contribution in [0.1, 0.15) is 21.5 Å². The quantitative estimate of drug-likeness (QED) is 0.406. The van der Waals surface area contributed by atoms with E-state index in [9.17, 15) is 18.0 Å². The number of aryl methyl sites for hydroxylation is 2. The molecular weight excluding hydrogens is 594 g/mol. The minimum absolute atomic E-state index is 0.0672.